The molecular formula is C27H46N8O8. The van der Waals surface area contributed by atoms with Crippen molar-refractivity contribution in [3.05, 3.63) is 0 Å². The number of nitrogens with two attached hydrogens (primary N) is 2. The molecule has 4 amide bonds. The summed E-state index contributed by atoms with van der Waals surface area (Å²) in [6, 6.07) is -4.94. The van der Waals surface area contributed by atoms with E-state index in [0.29, 0.717) is 25.8 Å². The Hall–Kier alpha value is -3.95. The van der Waals surface area contributed by atoms with Crippen molar-refractivity contribution in [2.24, 2.45) is 22.4 Å². The summed E-state index contributed by atoms with van der Waals surface area (Å²) >= 11 is 0. The second-order valence-electron chi connectivity index (χ2n) is 11.4. The van der Waals surface area contributed by atoms with Crippen LogP contribution in [0.3, 0.4) is 0 Å². The van der Waals surface area contributed by atoms with Crippen molar-refractivity contribution < 1.29 is 39.0 Å². The fraction of sp³-hybridized carbons (Fsp3) is 0.741. The average Bonchev–Trinajstić information content (AvgIpc) is 3.64. The van der Waals surface area contributed by atoms with E-state index in [9.17, 15) is 39.0 Å². The molecule has 0 bridgehead atoms. The molecule has 5 atom stereocenters. The zero-order chi connectivity index (χ0) is 32.1. The molecule has 16 heteroatoms. The maximum Gasteiger partial charge on any atom is 0.326 e. The van der Waals surface area contributed by atoms with Crippen LogP contribution >= 0.6 is 0 Å². The highest BCUT2D eigenvalue weighted by molar-refractivity contribution is 5.95. The van der Waals surface area contributed by atoms with Crippen LogP contribution in [0.25, 0.3) is 0 Å². The summed E-state index contributed by atoms with van der Waals surface area (Å²) in [4.78, 5) is 81.1. The molecule has 2 heterocycles. The summed E-state index contributed by atoms with van der Waals surface area (Å²) in [5.74, 6) is -4.92. The van der Waals surface area contributed by atoms with Gasteiger partial charge in [-0.05, 0) is 63.8 Å². The number of guanidine groups is 1. The Bertz CT molecular complexity index is 1040. The lowest BCUT2D eigenvalue weighted by atomic mass is 10.0. The topological polar surface area (TPSA) is 259 Å². The number of nitrogens with one attached hydrogen (secondary N) is 4. The minimum absolute atomic E-state index is 0.0724. The van der Waals surface area contributed by atoms with Crippen LogP contribution in [0.1, 0.15) is 71.6 Å². The van der Waals surface area contributed by atoms with Gasteiger partial charge in [-0.15, -0.1) is 0 Å². The van der Waals surface area contributed by atoms with Crippen LogP contribution in [-0.4, -0.2) is 106 Å². The smallest absolute Gasteiger partial charge is 0.326 e. The second kappa shape index (κ2) is 17.2. The molecule has 0 aliphatic carbocycles. The molecule has 0 aromatic rings. The lowest BCUT2D eigenvalue weighted by molar-refractivity contribution is -0.150. The van der Waals surface area contributed by atoms with E-state index in [4.69, 9.17) is 11.5 Å². The summed E-state index contributed by atoms with van der Waals surface area (Å²) in [6.07, 6.45) is 2.17. The predicted molar refractivity (Wildman–Crippen MR) is 155 cm³/mol. The molecule has 5 unspecified atom stereocenters. The molecule has 2 aliphatic heterocycles. The summed E-state index contributed by atoms with van der Waals surface area (Å²) in [5.41, 5.74) is 10.8. The van der Waals surface area contributed by atoms with Gasteiger partial charge in [-0.2, -0.15) is 0 Å². The van der Waals surface area contributed by atoms with Crippen molar-refractivity contribution in [1.82, 2.24) is 26.2 Å². The number of amides is 4. The average molecular weight is 611 g/mol. The largest absolute Gasteiger partial charge is 0.481 e. The van der Waals surface area contributed by atoms with E-state index < -0.39 is 66.3 Å². The Kier molecular flexibility index (Phi) is 14.1. The van der Waals surface area contributed by atoms with Gasteiger partial charge in [0.1, 0.15) is 24.2 Å². The molecule has 0 aromatic carbocycles. The number of aliphatic imine (C=N–C) groups is 1. The molecule has 0 spiro atoms. The number of carboxylic acids is 2. The third-order valence-electron chi connectivity index (χ3n) is 7.38. The van der Waals surface area contributed by atoms with Gasteiger partial charge in [-0.1, -0.05) is 13.8 Å². The summed E-state index contributed by atoms with van der Waals surface area (Å²) in [6.45, 7) is 4.74. The Morgan fingerprint density at radius 3 is 2.19 bits per heavy atom. The number of aliphatic carboxylic acids is 2. The zero-order valence-corrected chi connectivity index (χ0v) is 24.8. The Labute approximate surface area is 250 Å². The van der Waals surface area contributed by atoms with Crippen molar-refractivity contribution in [3.63, 3.8) is 0 Å². The van der Waals surface area contributed by atoms with Gasteiger partial charge in [0.05, 0.1) is 6.04 Å². The van der Waals surface area contributed by atoms with E-state index in [1.54, 1.807) is 0 Å². The van der Waals surface area contributed by atoms with Crippen molar-refractivity contribution >= 4 is 41.5 Å². The van der Waals surface area contributed by atoms with E-state index in [1.807, 2.05) is 13.8 Å². The molecule has 0 saturated carbocycles. The Morgan fingerprint density at radius 2 is 1.60 bits per heavy atom. The fourth-order valence-corrected chi connectivity index (χ4v) is 5.21. The van der Waals surface area contributed by atoms with E-state index in [2.05, 4.69) is 26.3 Å². The molecule has 2 aliphatic rings. The van der Waals surface area contributed by atoms with Gasteiger partial charge in [0.2, 0.25) is 23.6 Å². The molecule has 242 valence electrons. The van der Waals surface area contributed by atoms with E-state index in [1.165, 1.54) is 0 Å². The molecule has 16 nitrogen and oxygen atoms in total. The van der Waals surface area contributed by atoms with Crippen LogP contribution in [0.4, 0.5) is 0 Å². The van der Waals surface area contributed by atoms with Gasteiger partial charge in [-0.25, -0.2) is 4.79 Å². The summed E-state index contributed by atoms with van der Waals surface area (Å²) in [7, 11) is 0. The lowest BCUT2D eigenvalue weighted by Gasteiger charge is -2.29. The molecule has 2 saturated heterocycles. The van der Waals surface area contributed by atoms with Crippen molar-refractivity contribution in [1.29, 1.82) is 0 Å². The molecule has 2 fully saturated rings. The van der Waals surface area contributed by atoms with Crippen LogP contribution in [0, 0.1) is 5.92 Å². The van der Waals surface area contributed by atoms with Gasteiger partial charge in [0, 0.05) is 19.5 Å². The molecule has 43 heavy (non-hydrogen) atoms. The molecule has 0 radical (unpaired) electrons. The van der Waals surface area contributed by atoms with Gasteiger partial charge < -0.3 is 47.8 Å². The molecule has 10 N–H and O–H groups in total. The van der Waals surface area contributed by atoms with E-state index in [0.717, 1.165) is 11.3 Å². The minimum atomic E-state index is -1.31. The van der Waals surface area contributed by atoms with Crippen molar-refractivity contribution in [2.45, 2.75) is 102 Å². The van der Waals surface area contributed by atoms with Gasteiger partial charge in [-0.3, -0.25) is 29.0 Å². The number of nitrogens with zero attached hydrogens (tertiary/aromatic N) is 2. The number of hydrogen-bond acceptors (Lipinski definition) is 8. The third kappa shape index (κ3) is 11.7. The SMILES string of the molecule is CC(C)CC(NC(=O)C(CCCN=C(N)N)NC(=O)C1CCCN1)C(=O)NC(CCC(=O)O)C(=O)N1CCCC1C(=O)O. The first-order valence-corrected chi connectivity index (χ1v) is 14.7. The molecule has 0 aromatic heterocycles. The van der Waals surface area contributed by atoms with Crippen LogP contribution in [0.5, 0.6) is 0 Å². The highest BCUT2D eigenvalue weighted by Gasteiger charge is 2.39. The number of carbonyl (C=O) groups excluding carboxylic acids is 4. The predicted octanol–water partition coefficient (Wildman–Crippen LogP) is -1.77. The normalized spacial score (nSPS) is 20.1. The molecular weight excluding hydrogens is 564 g/mol. The van der Waals surface area contributed by atoms with Crippen LogP contribution in [-0.2, 0) is 28.8 Å². The second-order valence-corrected chi connectivity index (χ2v) is 11.4. The number of carbonyl (C=O) groups is 6. The highest BCUT2D eigenvalue weighted by Crippen LogP contribution is 2.20. The van der Waals surface area contributed by atoms with E-state index in [-0.39, 0.29) is 56.6 Å². The highest BCUT2D eigenvalue weighted by atomic mass is 16.4. The first kappa shape index (κ1) is 35.2. The van der Waals surface area contributed by atoms with Gasteiger partial charge in [0.15, 0.2) is 5.96 Å². The maximum absolute atomic E-state index is 13.5. The molecule has 2 rings (SSSR count). The van der Waals surface area contributed by atoms with Gasteiger partial charge >= 0.3 is 11.9 Å². The first-order valence-electron chi connectivity index (χ1n) is 14.7. The Balaban J connectivity index is 2.21. The van der Waals surface area contributed by atoms with Crippen LogP contribution in [0.15, 0.2) is 4.99 Å². The van der Waals surface area contributed by atoms with Crippen LogP contribution in [0.2, 0.25) is 0 Å². The number of carboxylic acid groups (broad SMARTS) is 2. The number of likely N-dealkylation sites (tertiary alicyclic amines) is 1. The fourth-order valence-electron chi connectivity index (χ4n) is 5.21. The first-order chi connectivity index (χ1) is 20.3. The van der Waals surface area contributed by atoms with Gasteiger partial charge in [0.25, 0.3) is 0 Å². The zero-order valence-electron chi connectivity index (χ0n) is 24.8. The number of hydrogen-bond donors (Lipinski definition) is 8. The summed E-state index contributed by atoms with van der Waals surface area (Å²) in [5, 5.41) is 29.8. The number of rotatable bonds is 17. The lowest BCUT2D eigenvalue weighted by Crippen LogP contribution is -2.58. The minimum Gasteiger partial charge on any atom is -0.481 e. The maximum atomic E-state index is 13.5. The van der Waals surface area contributed by atoms with Crippen LogP contribution < -0.4 is 32.7 Å². The van der Waals surface area contributed by atoms with Crippen molar-refractivity contribution in [3.8, 4) is 0 Å². The monoisotopic (exact) mass is 610 g/mol. The summed E-state index contributed by atoms with van der Waals surface area (Å²) < 4.78 is 0. The third-order valence-corrected chi connectivity index (χ3v) is 7.38. The quantitative estimate of drug-likeness (QED) is 0.0519. The Morgan fingerprint density at radius 1 is 0.930 bits per heavy atom. The van der Waals surface area contributed by atoms with Crippen molar-refractivity contribution in [2.75, 3.05) is 19.6 Å². The standard InChI is InChI=1S/C27H46N8O8/c1-15(2)14-19(24(40)33-18(9-10-21(36)37)25(41)35-13-5-8-20(35)26(42)43)34-23(39)17(7-4-12-31-27(28)29)32-22(38)16-6-3-11-30-16/h15-20,30H,3-14H2,1-2H3,(H,32,38)(H,33,40)(H,34,39)(H,36,37)(H,42,43)(H4,28,29,31). The van der Waals surface area contributed by atoms with E-state index >= 15 is 0 Å².